The highest BCUT2D eigenvalue weighted by molar-refractivity contribution is 6.99. The lowest BCUT2D eigenvalue weighted by atomic mass is 10.0. The molecule has 0 bridgehead atoms. The van der Waals surface area contributed by atoms with Crippen LogP contribution in [-0.2, 0) is 9.16 Å². The molecule has 0 spiro atoms. The number of hydrogen-bond donors (Lipinski definition) is 1. The van der Waals surface area contributed by atoms with Gasteiger partial charge in [0, 0.05) is 6.54 Å². The van der Waals surface area contributed by atoms with Gasteiger partial charge in [-0.15, -0.1) is 0 Å². The van der Waals surface area contributed by atoms with Crippen LogP contribution in [0.1, 0.15) is 54.4 Å². The van der Waals surface area contributed by atoms with Gasteiger partial charge in [0.2, 0.25) is 0 Å². The number of likely N-dealkylation sites (tertiary alicyclic amines) is 1. The molecule has 1 aliphatic heterocycles. The van der Waals surface area contributed by atoms with E-state index in [1.807, 2.05) is 32.9 Å². The van der Waals surface area contributed by atoms with Crippen LogP contribution in [0.25, 0.3) is 0 Å². The monoisotopic (exact) mass is 469 g/mol. The summed E-state index contributed by atoms with van der Waals surface area (Å²) in [5, 5.41) is 12.7. The average molecular weight is 470 g/mol. The van der Waals surface area contributed by atoms with Crippen LogP contribution < -0.4 is 10.4 Å². The number of benzene rings is 2. The third kappa shape index (κ3) is 5.86. The van der Waals surface area contributed by atoms with E-state index in [-0.39, 0.29) is 17.2 Å². The molecule has 33 heavy (non-hydrogen) atoms. The van der Waals surface area contributed by atoms with Gasteiger partial charge in [-0.05, 0) is 49.0 Å². The molecule has 2 aromatic rings. The van der Waals surface area contributed by atoms with E-state index in [0.29, 0.717) is 26.0 Å². The molecule has 3 rings (SSSR count). The number of piperidine rings is 1. The first-order valence-electron chi connectivity index (χ1n) is 11.9. The van der Waals surface area contributed by atoms with Crippen molar-refractivity contribution in [1.29, 1.82) is 0 Å². The second-order valence-electron chi connectivity index (χ2n) is 11.0. The molecule has 0 radical (unpaired) electrons. The molecule has 1 heterocycles. The fraction of sp³-hybridized carbons (Fsp3) is 0.519. The first kappa shape index (κ1) is 25.5. The lowest BCUT2D eigenvalue weighted by Crippen LogP contribution is -2.67. The van der Waals surface area contributed by atoms with E-state index in [1.54, 1.807) is 4.90 Å². The molecule has 180 valence electrons. The van der Waals surface area contributed by atoms with E-state index in [4.69, 9.17) is 9.16 Å². The molecule has 1 amide bonds. The zero-order valence-electron chi connectivity index (χ0n) is 20.9. The SMILES string of the molecule is CC(C)(C)OC(=O)N1CC[C@H](O)C[C@@H]1CO[Si](c1ccccc1)(c1ccccc1)C(C)(C)C. The highest BCUT2D eigenvalue weighted by Gasteiger charge is 2.51. The predicted molar refractivity (Wildman–Crippen MR) is 136 cm³/mol. The van der Waals surface area contributed by atoms with E-state index >= 15 is 0 Å². The molecule has 1 aliphatic rings. The van der Waals surface area contributed by atoms with Crippen LogP contribution in [0.2, 0.25) is 5.04 Å². The number of carbonyl (C=O) groups is 1. The molecule has 6 heteroatoms. The van der Waals surface area contributed by atoms with Crippen molar-refractivity contribution in [1.82, 2.24) is 4.90 Å². The summed E-state index contributed by atoms with van der Waals surface area (Å²) in [6.45, 7) is 13.1. The average Bonchev–Trinajstić information content (AvgIpc) is 2.73. The van der Waals surface area contributed by atoms with Gasteiger partial charge in [-0.2, -0.15) is 0 Å². The second-order valence-corrected chi connectivity index (χ2v) is 15.3. The first-order chi connectivity index (χ1) is 15.4. The van der Waals surface area contributed by atoms with Crippen LogP contribution in [0.5, 0.6) is 0 Å². The van der Waals surface area contributed by atoms with Gasteiger partial charge in [0.15, 0.2) is 0 Å². The molecule has 0 unspecified atom stereocenters. The third-order valence-electron chi connectivity index (χ3n) is 6.23. The van der Waals surface area contributed by atoms with Gasteiger partial charge in [-0.1, -0.05) is 81.4 Å². The van der Waals surface area contributed by atoms with Gasteiger partial charge < -0.3 is 19.2 Å². The van der Waals surface area contributed by atoms with E-state index < -0.39 is 20.0 Å². The van der Waals surface area contributed by atoms with Crippen molar-refractivity contribution < 1.29 is 19.1 Å². The number of amides is 1. The molecule has 0 saturated carbocycles. The van der Waals surface area contributed by atoms with E-state index in [1.165, 1.54) is 10.4 Å². The smallest absolute Gasteiger partial charge is 0.410 e. The highest BCUT2D eigenvalue weighted by atomic mass is 28.4. The molecule has 2 atom stereocenters. The number of aliphatic hydroxyl groups is 1. The summed E-state index contributed by atoms with van der Waals surface area (Å²) in [5.41, 5.74) is -0.573. The number of rotatable bonds is 5. The number of nitrogens with zero attached hydrogens (tertiary/aromatic N) is 1. The molecule has 2 aromatic carbocycles. The fourth-order valence-corrected chi connectivity index (χ4v) is 9.33. The summed E-state index contributed by atoms with van der Waals surface area (Å²) in [4.78, 5) is 14.7. The summed E-state index contributed by atoms with van der Waals surface area (Å²) < 4.78 is 12.7. The lowest BCUT2D eigenvalue weighted by molar-refractivity contribution is -0.0169. The van der Waals surface area contributed by atoms with Crippen molar-refractivity contribution in [2.24, 2.45) is 0 Å². The van der Waals surface area contributed by atoms with E-state index in [9.17, 15) is 9.90 Å². The van der Waals surface area contributed by atoms with Crippen molar-refractivity contribution in [3.63, 3.8) is 0 Å². The number of ether oxygens (including phenoxy) is 1. The zero-order valence-corrected chi connectivity index (χ0v) is 21.9. The van der Waals surface area contributed by atoms with E-state index in [2.05, 4.69) is 69.3 Å². The maximum Gasteiger partial charge on any atom is 0.410 e. The van der Waals surface area contributed by atoms with Gasteiger partial charge >= 0.3 is 6.09 Å². The van der Waals surface area contributed by atoms with Gasteiger partial charge in [0.1, 0.15) is 5.60 Å². The van der Waals surface area contributed by atoms with Gasteiger partial charge in [-0.3, -0.25) is 0 Å². The molecule has 1 fully saturated rings. The topological polar surface area (TPSA) is 59.0 Å². The molecular weight excluding hydrogens is 430 g/mol. The van der Waals surface area contributed by atoms with Crippen molar-refractivity contribution in [2.75, 3.05) is 13.2 Å². The van der Waals surface area contributed by atoms with Crippen LogP contribution in [0.15, 0.2) is 60.7 Å². The maximum atomic E-state index is 13.0. The normalized spacial score (nSPS) is 19.9. The summed E-state index contributed by atoms with van der Waals surface area (Å²) in [6, 6.07) is 20.7. The predicted octanol–water partition coefficient (Wildman–Crippen LogP) is 4.32. The Bertz CT molecular complexity index is 866. The number of hydrogen-bond acceptors (Lipinski definition) is 4. The maximum absolute atomic E-state index is 13.0. The van der Waals surface area contributed by atoms with Crippen molar-refractivity contribution >= 4 is 24.8 Å². The molecule has 0 aromatic heterocycles. The Hall–Kier alpha value is -2.15. The van der Waals surface area contributed by atoms with Crippen LogP contribution in [0.3, 0.4) is 0 Å². The lowest BCUT2D eigenvalue weighted by Gasteiger charge is -2.45. The zero-order chi connectivity index (χ0) is 24.3. The van der Waals surface area contributed by atoms with Crippen molar-refractivity contribution in [3.8, 4) is 0 Å². The summed E-state index contributed by atoms with van der Waals surface area (Å²) in [5.74, 6) is 0. The Morgan fingerprint density at radius 1 is 0.970 bits per heavy atom. The molecular formula is C27H39NO4Si. The quantitative estimate of drug-likeness (QED) is 0.663. The fourth-order valence-electron chi connectivity index (χ4n) is 4.73. The summed E-state index contributed by atoms with van der Waals surface area (Å²) >= 11 is 0. The summed E-state index contributed by atoms with van der Waals surface area (Å²) in [6.07, 6.45) is 0.244. The van der Waals surface area contributed by atoms with Crippen LogP contribution in [-0.4, -0.2) is 55.3 Å². The highest BCUT2D eigenvalue weighted by Crippen LogP contribution is 2.37. The molecule has 1 N–H and O–H groups in total. The van der Waals surface area contributed by atoms with Crippen LogP contribution in [0, 0.1) is 0 Å². The third-order valence-corrected chi connectivity index (χ3v) is 11.2. The molecule has 0 aliphatic carbocycles. The Morgan fingerprint density at radius 3 is 1.94 bits per heavy atom. The van der Waals surface area contributed by atoms with Crippen molar-refractivity contribution in [3.05, 3.63) is 60.7 Å². The largest absolute Gasteiger partial charge is 0.444 e. The Morgan fingerprint density at radius 2 is 1.48 bits per heavy atom. The Kier molecular flexibility index (Phi) is 7.71. The standard InChI is InChI=1S/C27H39NO4Si/c1-26(2,3)32-25(30)28-18-17-22(29)19-21(28)20-31-33(27(4,5)6,23-13-9-7-10-14-23)24-15-11-8-12-16-24/h7-16,21-22,29H,17-20H2,1-6H3/t21-,22+/m1/s1. The van der Waals surface area contributed by atoms with Crippen LogP contribution in [0.4, 0.5) is 4.79 Å². The van der Waals surface area contributed by atoms with Crippen molar-refractivity contribution in [2.45, 2.75) is 77.2 Å². The van der Waals surface area contributed by atoms with E-state index in [0.717, 1.165) is 0 Å². The second kappa shape index (κ2) is 10.00. The Labute approximate surface area is 199 Å². The molecule has 5 nitrogen and oxygen atoms in total. The minimum Gasteiger partial charge on any atom is -0.444 e. The van der Waals surface area contributed by atoms with Crippen LogP contribution >= 0.6 is 0 Å². The first-order valence-corrected chi connectivity index (χ1v) is 13.8. The molecule has 1 saturated heterocycles. The van der Waals surface area contributed by atoms with Gasteiger partial charge in [0.25, 0.3) is 8.32 Å². The van der Waals surface area contributed by atoms with Gasteiger partial charge in [0.05, 0.1) is 18.8 Å². The number of carbonyl (C=O) groups excluding carboxylic acids is 1. The minimum absolute atomic E-state index is 0.153. The Balaban J connectivity index is 1.98. The number of aliphatic hydroxyl groups excluding tert-OH is 1. The van der Waals surface area contributed by atoms with Gasteiger partial charge in [-0.25, -0.2) is 4.79 Å². The summed E-state index contributed by atoms with van der Waals surface area (Å²) in [7, 11) is -2.73. The minimum atomic E-state index is -2.73.